The number of hydrogen-bond donors (Lipinski definition) is 1. The average Bonchev–Trinajstić information content (AvgIpc) is 2.48. The first kappa shape index (κ1) is 15.4. The number of carbonyl (C=O) groups is 1. The first-order valence-corrected chi connectivity index (χ1v) is 7.20. The van der Waals surface area contributed by atoms with Crippen molar-refractivity contribution in [3.8, 4) is 0 Å². The molecule has 0 heterocycles. The summed E-state index contributed by atoms with van der Waals surface area (Å²) in [5.74, 6) is 0.0623. The summed E-state index contributed by atoms with van der Waals surface area (Å²) in [4.78, 5) is 14.1. The third-order valence-electron chi connectivity index (χ3n) is 3.64. The third kappa shape index (κ3) is 3.99. The van der Waals surface area contributed by atoms with Crippen molar-refractivity contribution in [3.05, 3.63) is 64.7 Å². The van der Waals surface area contributed by atoms with Crippen LogP contribution in [0.4, 0.5) is 5.69 Å². The van der Waals surface area contributed by atoms with Gasteiger partial charge in [0.15, 0.2) is 0 Å². The number of anilines is 1. The molecule has 0 saturated carbocycles. The van der Waals surface area contributed by atoms with E-state index < -0.39 is 0 Å². The van der Waals surface area contributed by atoms with E-state index in [9.17, 15) is 4.79 Å². The Labute approximate surface area is 130 Å². The Morgan fingerprint density at radius 3 is 2.52 bits per heavy atom. The van der Waals surface area contributed by atoms with E-state index in [1.54, 1.807) is 17.0 Å². The molecule has 2 aromatic carbocycles. The summed E-state index contributed by atoms with van der Waals surface area (Å²) in [7, 11) is 1.81. The van der Waals surface area contributed by atoms with Crippen molar-refractivity contribution in [1.29, 1.82) is 0 Å². The fourth-order valence-electron chi connectivity index (χ4n) is 2.16. The van der Waals surface area contributed by atoms with Crippen molar-refractivity contribution in [1.82, 2.24) is 4.90 Å². The minimum Gasteiger partial charge on any atom is -0.399 e. The second-order valence-corrected chi connectivity index (χ2v) is 5.59. The van der Waals surface area contributed by atoms with Gasteiger partial charge < -0.3 is 10.6 Å². The zero-order valence-corrected chi connectivity index (χ0v) is 13.0. The van der Waals surface area contributed by atoms with Crippen LogP contribution in [0.5, 0.6) is 0 Å². The SMILES string of the molecule is CC(c1cccc(N)c1)N(C)C(=O)Cc1ccc(Cl)cc1. The fourth-order valence-corrected chi connectivity index (χ4v) is 2.29. The molecule has 110 valence electrons. The van der Waals surface area contributed by atoms with Gasteiger partial charge in [-0.1, -0.05) is 35.9 Å². The number of nitrogens with zero attached hydrogens (tertiary/aromatic N) is 1. The van der Waals surface area contributed by atoms with E-state index in [4.69, 9.17) is 17.3 Å². The highest BCUT2D eigenvalue weighted by Gasteiger charge is 2.17. The van der Waals surface area contributed by atoms with E-state index in [0.717, 1.165) is 11.1 Å². The van der Waals surface area contributed by atoms with Crippen LogP contribution in [-0.4, -0.2) is 17.9 Å². The van der Waals surface area contributed by atoms with Gasteiger partial charge in [-0.05, 0) is 42.3 Å². The Bertz CT molecular complexity index is 625. The lowest BCUT2D eigenvalue weighted by atomic mass is 10.1. The first-order valence-electron chi connectivity index (χ1n) is 6.83. The minimum atomic E-state index is -0.0201. The van der Waals surface area contributed by atoms with Gasteiger partial charge in [0.2, 0.25) is 5.91 Å². The van der Waals surface area contributed by atoms with Crippen LogP contribution in [0.25, 0.3) is 0 Å². The molecule has 21 heavy (non-hydrogen) atoms. The summed E-state index contributed by atoms with van der Waals surface area (Å²) in [6.45, 7) is 1.99. The molecule has 0 saturated heterocycles. The smallest absolute Gasteiger partial charge is 0.227 e. The summed E-state index contributed by atoms with van der Waals surface area (Å²) in [6, 6.07) is 14.9. The van der Waals surface area contributed by atoms with Crippen molar-refractivity contribution in [2.75, 3.05) is 12.8 Å². The maximum Gasteiger partial charge on any atom is 0.227 e. The molecule has 1 amide bonds. The first-order chi connectivity index (χ1) is 9.97. The minimum absolute atomic E-state index is 0.0201. The number of hydrogen-bond acceptors (Lipinski definition) is 2. The highest BCUT2D eigenvalue weighted by molar-refractivity contribution is 6.30. The van der Waals surface area contributed by atoms with Gasteiger partial charge in [-0.15, -0.1) is 0 Å². The molecule has 3 nitrogen and oxygen atoms in total. The van der Waals surface area contributed by atoms with Gasteiger partial charge >= 0.3 is 0 Å². The van der Waals surface area contributed by atoms with Crippen LogP contribution < -0.4 is 5.73 Å². The molecule has 2 rings (SSSR count). The van der Waals surface area contributed by atoms with Gasteiger partial charge in [0.1, 0.15) is 0 Å². The van der Waals surface area contributed by atoms with E-state index >= 15 is 0 Å². The lowest BCUT2D eigenvalue weighted by Crippen LogP contribution is -2.31. The van der Waals surface area contributed by atoms with E-state index in [0.29, 0.717) is 17.1 Å². The lowest BCUT2D eigenvalue weighted by Gasteiger charge is -2.25. The molecule has 0 fully saturated rings. The Morgan fingerprint density at radius 1 is 1.24 bits per heavy atom. The summed E-state index contributed by atoms with van der Waals surface area (Å²) in [5, 5.41) is 0.674. The quantitative estimate of drug-likeness (QED) is 0.876. The van der Waals surface area contributed by atoms with Crippen molar-refractivity contribution in [3.63, 3.8) is 0 Å². The topological polar surface area (TPSA) is 46.3 Å². The third-order valence-corrected chi connectivity index (χ3v) is 3.89. The second-order valence-electron chi connectivity index (χ2n) is 5.15. The van der Waals surface area contributed by atoms with Gasteiger partial charge in [0.05, 0.1) is 12.5 Å². The maximum absolute atomic E-state index is 12.4. The highest BCUT2D eigenvalue weighted by atomic mass is 35.5. The molecule has 0 aliphatic rings. The molecule has 4 heteroatoms. The maximum atomic E-state index is 12.4. The van der Waals surface area contributed by atoms with Crippen molar-refractivity contribution >= 4 is 23.2 Å². The molecule has 0 radical (unpaired) electrons. The Morgan fingerprint density at radius 2 is 1.90 bits per heavy atom. The van der Waals surface area contributed by atoms with E-state index in [1.807, 2.05) is 50.4 Å². The van der Waals surface area contributed by atoms with Crippen molar-refractivity contribution in [2.24, 2.45) is 0 Å². The zero-order chi connectivity index (χ0) is 15.4. The molecule has 1 atom stereocenters. The number of halogens is 1. The number of benzene rings is 2. The van der Waals surface area contributed by atoms with Crippen LogP contribution in [0.15, 0.2) is 48.5 Å². The highest BCUT2D eigenvalue weighted by Crippen LogP contribution is 2.21. The molecular formula is C17H19ClN2O. The fraction of sp³-hybridized carbons (Fsp3) is 0.235. The average molecular weight is 303 g/mol. The number of carbonyl (C=O) groups excluding carboxylic acids is 1. The van der Waals surface area contributed by atoms with Crippen molar-refractivity contribution in [2.45, 2.75) is 19.4 Å². The molecule has 0 aliphatic heterocycles. The van der Waals surface area contributed by atoms with Crippen LogP contribution in [-0.2, 0) is 11.2 Å². The van der Waals surface area contributed by atoms with E-state index in [1.165, 1.54) is 0 Å². The number of likely N-dealkylation sites (N-methyl/N-ethyl adjacent to an activating group) is 1. The molecule has 0 aromatic heterocycles. The predicted octanol–water partition coefficient (Wildman–Crippen LogP) is 3.68. The Kier molecular flexibility index (Phi) is 4.86. The van der Waals surface area contributed by atoms with Crippen LogP contribution in [0.2, 0.25) is 5.02 Å². The predicted molar refractivity (Wildman–Crippen MR) is 87.2 cm³/mol. The normalized spacial score (nSPS) is 12.0. The summed E-state index contributed by atoms with van der Waals surface area (Å²) >= 11 is 5.85. The van der Waals surface area contributed by atoms with Crippen LogP contribution in [0.1, 0.15) is 24.1 Å². The lowest BCUT2D eigenvalue weighted by molar-refractivity contribution is -0.131. The largest absolute Gasteiger partial charge is 0.399 e. The molecular weight excluding hydrogens is 284 g/mol. The van der Waals surface area contributed by atoms with Crippen LogP contribution >= 0.6 is 11.6 Å². The van der Waals surface area contributed by atoms with Crippen LogP contribution in [0.3, 0.4) is 0 Å². The van der Waals surface area contributed by atoms with Gasteiger partial charge in [-0.2, -0.15) is 0 Å². The van der Waals surface area contributed by atoms with E-state index in [-0.39, 0.29) is 11.9 Å². The number of amides is 1. The zero-order valence-electron chi connectivity index (χ0n) is 12.2. The summed E-state index contributed by atoms with van der Waals surface area (Å²) in [6.07, 6.45) is 0.361. The van der Waals surface area contributed by atoms with Crippen LogP contribution in [0, 0.1) is 0 Å². The van der Waals surface area contributed by atoms with E-state index in [2.05, 4.69) is 0 Å². The van der Waals surface area contributed by atoms with Gasteiger partial charge in [0, 0.05) is 17.8 Å². The number of nitrogens with two attached hydrogens (primary N) is 1. The van der Waals surface area contributed by atoms with Gasteiger partial charge in [0.25, 0.3) is 0 Å². The Hall–Kier alpha value is -2.00. The number of nitrogen functional groups attached to an aromatic ring is 1. The summed E-state index contributed by atoms with van der Waals surface area (Å²) < 4.78 is 0. The molecule has 0 aliphatic carbocycles. The number of rotatable bonds is 4. The molecule has 1 unspecified atom stereocenters. The summed E-state index contributed by atoms with van der Waals surface area (Å²) in [5.41, 5.74) is 8.49. The van der Waals surface area contributed by atoms with Gasteiger partial charge in [-0.3, -0.25) is 4.79 Å². The molecule has 2 aromatic rings. The molecule has 0 spiro atoms. The monoisotopic (exact) mass is 302 g/mol. The molecule has 2 N–H and O–H groups in total. The van der Waals surface area contributed by atoms with Crippen molar-refractivity contribution < 1.29 is 4.79 Å². The standard InChI is InChI=1S/C17H19ClN2O/c1-12(14-4-3-5-16(19)11-14)20(2)17(21)10-13-6-8-15(18)9-7-13/h3-9,11-12H,10,19H2,1-2H3. The Balaban J connectivity index is 2.06. The van der Waals surface area contributed by atoms with Gasteiger partial charge in [-0.25, -0.2) is 0 Å². The second kappa shape index (κ2) is 6.64. The molecule has 0 bridgehead atoms.